The molecule has 6 aromatic rings. The summed E-state index contributed by atoms with van der Waals surface area (Å²) in [6.45, 7) is 0. The molecule has 1 aliphatic rings. The van der Waals surface area contributed by atoms with Crippen molar-refractivity contribution in [1.29, 1.82) is 0 Å². The smallest absolute Gasteiger partial charge is 0.159 e. The maximum absolute atomic E-state index is 10.6. The summed E-state index contributed by atoms with van der Waals surface area (Å²) in [4.78, 5) is 25.9. The van der Waals surface area contributed by atoms with Gasteiger partial charge in [0.25, 0.3) is 0 Å². The van der Waals surface area contributed by atoms with E-state index >= 15 is 0 Å². The number of fused-ring (bicyclic) bond motifs is 2. The van der Waals surface area contributed by atoms with Crippen molar-refractivity contribution in [3.8, 4) is 33.8 Å². The van der Waals surface area contributed by atoms with E-state index in [0.29, 0.717) is 17.2 Å². The molecule has 0 saturated heterocycles. The SMILES string of the molecule is OC(Nc1cncc(-c2cnc3[nH]nc(-c4nc5c(-c6cccnc6)cncc5[nH]4)c3c2)c1)C1CCCC1. The summed E-state index contributed by atoms with van der Waals surface area (Å²) in [6, 6.07) is 7.90. The second kappa shape index (κ2) is 9.31. The zero-order valence-electron chi connectivity index (χ0n) is 20.5. The minimum absolute atomic E-state index is 0.280. The summed E-state index contributed by atoms with van der Waals surface area (Å²) >= 11 is 0. The molecule has 1 saturated carbocycles. The van der Waals surface area contributed by atoms with Gasteiger partial charge in [-0.2, -0.15) is 5.10 Å². The van der Waals surface area contributed by atoms with Gasteiger partial charge in [-0.25, -0.2) is 9.97 Å². The quantitative estimate of drug-likeness (QED) is 0.234. The van der Waals surface area contributed by atoms with Crippen LogP contribution >= 0.6 is 0 Å². The molecule has 38 heavy (non-hydrogen) atoms. The molecule has 1 unspecified atom stereocenters. The van der Waals surface area contributed by atoms with Crippen LogP contribution in [0.5, 0.6) is 0 Å². The van der Waals surface area contributed by atoms with Crippen LogP contribution in [-0.4, -0.2) is 51.4 Å². The average Bonchev–Trinajstić information content (AvgIpc) is 3.73. The number of hydrogen-bond acceptors (Lipinski definition) is 8. The molecule has 1 atom stereocenters. The first-order valence-electron chi connectivity index (χ1n) is 12.7. The highest BCUT2D eigenvalue weighted by Crippen LogP contribution is 2.33. The Balaban J connectivity index is 1.24. The Morgan fingerprint density at radius 2 is 1.76 bits per heavy atom. The van der Waals surface area contributed by atoms with Gasteiger partial charge in [-0.1, -0.05) is 18.9 Å². The normalized spacial score (nSPS) is 14.9. The van der Waals surface area contributed by atoms with Crippen molar-refractivity contribution in [2.24, 2.45) is 5.92 Å². The van der Waals surface area contributed by atoms with E-state index in [2.05, 4.69) is 40.4 Å². The van der Waals surface area contributed by atoms with Gasteiger partial charge in [0.05, 0.1) is 29.0 Å². The number of pyridine rings is 4. The van der Waals surface area contributed by atoms with E-state index < -0.39 is 6.23 Å². The summed E-state index contributed by atoms with van der Waals surface area (Å²) in [7, 11) is 0. The van der Waals surface area contributed by atoms with Crippen LogP contribution in [-0.2, 0) is 0 Å². The standard InChI is InChI=1S/C28H25N9O/c38-28(16-4-1-2-5-16)33-20-8-18(11-30-13-20)19-9-21-25(36-37-26(21)32-12-19)27-34-23-15-31-14-22(24(23)35-27)17-6-3-7-29-10-17/h3,6-16,28,33,38H,1-2,4-5H2,(H,34,35)(H,32,36,37). The van der Waals surface area contributed by atoms with Crippen molar-refractivity contribution < 1.29 is 5.11 Å². The maximum Gasteiger partial charge on any atom is 0.159 e. The van der Waals surface area contributed by atoms with Crippen molar-refractivity contribution >= 4 is 27.8 Å². The number of aliphatic hydroxyl groups excluding tert-OH is 1. The summed E-state index contributed by atoms with van der Waals surface area (Å²) in [5.74, 6) is 0.902. The highest BCUT2D eigenvalue weighted by Gasteiger charge is 2.23. The number of aromatic amines is 2. The number of aliphatic hydroxyl groups is 1. The van der Waals surface area contributed by atoms with E-state index in [-0.39, 0.29) is 5.92 Å². The number of aromatic nitrogens is 8. The van der Waals surface area contributed by atoms with Crippen molar-refractivity contribution in [2.45, 2.75) is 31.9 Å². The van der Waals surface area contributed by atoms with Crippen molar-refractivity contribution in [3.05, 3.63) is 67.6 Å². The maximum atomic E-state index is 10.6. The Morgan fingerprint density at radius 1 is 0.921 bits per heavy atom. The number of hydrogen-bond donors (Lipinski definition) is 4. The lowest BCUT2D eigenvalue weighted by Crippen LogP contribution is -2.26. The average molecular weight is 504 g/mol. The van der Waals surface area contributed by atoms with Gasteiger partial charge in [-0.3, -0.25) is 20.1 Å². The fourth-order valence-electron chi connectivity index (χ4n) is 5.26. The van der Waals surface area contributed by atoms with E-state index in [1.165, 1.54) is 12.8 Å². The molecule has 0 aromatic carbocycles. The van der Waals surface area contributed by atoms with E-state index in [4.69, 9.17) is 4.98 Å². The van der Waals surface area contributed by atoms with Gasteiger partial charge in [0, 0.05) is 59.2 Å². The van der Waals surface area contributed by atoms with E-state index in [1.807, 2.05) is 24.3 Å². The second-order valence-corrected chi connectivity index (χ2v) is 9.70. The Morgan fingerprint density at radius 3 is 2.63 bits per heavy atom. The fraction of sp³-hybridized carbons (Fsp3) is 0.214. The Hall–Kier alpha value is -4.70. The Kier molecular flexibility index (Phi) is 5.51. The first-order chi connectivity index (χ1) is 18.7. The zero-order valence-corrected chi connectivity index (χ0v) is 20.5. The van der Waals surface area contributed by atoms with Gasteiger partial charge < -0.3 is 15.4 Å². The van der Waals surface area contributed by atoms with Crippen molar-refractivity contribution in [1.82, 2.24) is 40.1 Å². The summed E-state index contributed by atoms with van der Waals surface area (Å²) in [5, 5.41) is 22.2. The molecule has 1 aliphatic carbocycles. The third-order valence-corrected chi connectivity index (χ3v) is 7.24. The third-order valence-electron chi connectivity index (χ3n) is 7.24. The molecule has 0 bridgehead atoms. The minimum atomic E-state index is -0.574. The third kappa shape index (κ3) is 4.04. The number of rotatable bonds is 6. The second-order valence-electron chi connectivity index (χ2n) is 9.70. The lowest BCUT2D eigenvalue weighted by atomic mass is 10.1. The molecule has 0 amide bonds. The van der Waals surface area contributed by atoms with E-state index in [1.54, 1.807) is 43.4 Å². The van der Waals surface area contributed by atoms with Gasteiger partial charge in [0.15, 0.2) is 11.5 Å². The van der Waals surface area contributed by atoms with Crippen LogP contribution in [0.4, 0.5) is 5.69 Å². The highest BCUT2D eigenvalue weighted by atomic mass is 16.3. The highest BCUT2D eigenvalue weighted by molar-refractivity contribution is 5.96. The van der Waals surface area contributed by atoms with Crippen LogP contribution in [0.15, 0.2) is 67.6 Å². The van der Waals surface area contributed by atoms with Gasteiger partial charge in [-0.15, -0.1) is 0 Å². The molecule has 6 aromatic heterocycles. The van der Waals surface area contributed by atoms with Crippen LogP contribution in [0, 0.1) is 5.92 Å². The predicted molar refractivity (Wildman–Crippen MR) is 145 cm³/mol. The molecule has 4 N–H and O–H groups in total. The molecule has 1 fully saturated rings. The van der Waals surface area contributed by atoms with Gasteiger partial charge >= 0.3 is 0 Å². The van der Waals surface area contributed by atoms with Crippen LogP contribution in [0.3, 0.4) is 0 Å². The number of anilines is 1. The van der Waals surface area contributed by atoms with Gasteiger partial charge in [0.2, 0.25) is 0 Å². The number of nitrogens with one attached hydrogen (secondary N) is 3. The molecule has 7 rings (SSSR count). The molecule has 188 valence electrons. The van der Waals surface area contributed by atoms with Crippen LogP contribution < -0.4 is 5.32 Å². The minimum Gasteiger partial charge on any atom is -0.374 e. The monoisotopic (exact) mass is 503 g/mol. The number of nitrogens with zero attached hydrogens (tertiary/aromatic N) is 6. The molecule has 6 heterocycles. The summed E-state index contributed by atoms with van der Waals surface area (Å²) in [6.07, 6.45) is 16.3. The fourth-order valence-corrected chi connectivity index (χ4v) is 5.26. The largest absolute Gasteiger partial charge is 0.374 e. The van der Waals surface area contributed by atoms with Gasteiger partial charge in [0.1, 0.15) is 17.4 Å². The zero-order chi connectivity index (χ0) is 25.5. The summed E-state index contributed by atoms with van der Waals surface area (Å²) < 4.78 is 0. The van der Waals surface area contributed by atoms with Crippen molar-refractivity contribution in [3.63, 3.8) is 0 Å². The predicted octanol–water partition coefficient (Wildman–Crippen LogP) is 4.94. The van der Waals surface area contributed by atoms with Crippen molar-refractivity contribution in [2.75, 3.05) is 5.32 Å². The topological polar surface area (TPSA) is 141 Å². The van der Waals surface area contributed by atoms with Crippen LogP contribution in [0.1, 0.15) is 25.7 Å². The Labute approximate surface area is 217 Å². The Bertz CT molecular complexity index is 1740. The first kappa shape index (κ1) is 22.5. The molecule has 0 spiro atoms. The van der Waals surface area contributed by atoms with Crippen LogP contribution in [0.25, 0.3) is 55.8 Å². The molecule has 10 heteroatoms. The number of H-pyrrole nitrogens is 2. The molecule has 10 nitrogen and oxygen atoms in total. The lowest BCUT2D eigenvalue weighted by Gasteiger charge is -2.20. The molecule has 0 aliphatic heterocycles. The summed E-state index contributed by atoms with van der Waals surface area (Å²) in [5.41, 5.74) is 7.34. The van der Waals surface area contributed by atoms with E-state index in [0.717, 1.165) is 57.2 Å². The first-order valence-corrected chi connectivity index (χ1v) is 12.7. The van der Waals surface area contributed by atoms with E-state index in [9.17, 15) is 5.11 Å². The molecule has 0 radical (unpaired) electrons. The number of imidazole rings is 1. The van der Waals surface area contributed by atoms with Gasteiger partial charge in [-0.05, 0) is 31.0 Å². The molecular formula is C28H25N9O. The molecular weight excluding hydrogens is 478 g/mol. The van der Waals surface area contributed by atoms with Crippen LogP contribution in [0.2, 0.25) is 0 Å². The lowest BCUT2D eigenvalue weighted by molar-refractivity contribution is 0.137.